The van der Waals surface area contributed by atoms with Gasteiger partial charge in [-0.25, -0.2) is 8.78 Å². The molecule has 2 aliphatic heterocycles. The molecule has 0 unspecified atom stereocenters. The number of anilines is 1. The van der Waals surface area contributed by atoms with Crippen LogP contribution < -0.4 is 4.90 Å². The average molecular weight is 396 g/mol. The summed E-state index contributed by atoms with van der Waals surface area (Å²) in [7, 11) is 0. The van der Waals surface area contributed by atoms with Gasteiger partial charge in [0.1, 0.15) is 17.2 Å². The van der Waals surface area contributed by atoms with Gasteiger partial charge in [-0.05, 0) is 68.6 Å². The van der Waals surface area contributed by atoms with Crippen molar-refractivity contribution in [3.63, 3.8) is 0 Å². The first-order chi connectivity index (χ1) is 13.9. The lowest BCUT2D eigenvalue weighted by atomic mass is 9.72. The molecular weight excluding hydrogens is 370 g/mol. The van der Waals surface area contributed by atoms with Crippen molar-refractivity contribution in [1.29, 1.82) is 0 Å². The number of nitrogens with zero attached hydrogens (tertiary/aromatic N) is 2. The molecule has 2 heterocycles. The van der Waals surface area contributed by atoms with Crippen molar-refractivity contribution in [3.05, 3.63) is 76.9 Å². The molecule has 29 heavy (non-hydrogen) atoms. The zero-order valence-electron chi connectivity index (χ0n) is 17.0. The average Bonchev–Trinajstić information content (AvgIpc) is 3.03. The highest BCUT2D eigenvalue weighted by atomic mass is 19.1. The van der Waals surface area contributed by atoms with Gasteiger partial charge in [0.2, 0.25) is 0 Å². The normalized spacial score (nSPS) is 18.1. The summed E-state index contributed by atoms with van der Waals surface area (Å²) in [4.78, 5) is 17.3. The van der Waals surface area contributed by atoms with Gasteiger partial charge in [-0.15, -0.1) is 6.58 Å². The standard InChI is InChI=1S/C24H26F2N2O/c1-4-12-27-13-10-24(11-14-27)15-28(22-17(3)9-8-16(2)21(22)24)23(29)20-18(25)6-5-7-19(20)26/h4-9H,1,10-15H2,2-3H3. The minimum absolute atomic E-state index is 0.180. The van der Waals surface area contributed by atoms with Gasteiger partial charge >= 0.3 is 0 Å². The number of likely N-dealkylation sites (tertiary alicyclic amines) is 1. The van der Waals surface area contributed by atoms with Gasteiger partial charge < -0.3 is 4.90 Å². The molecule has 1 spiro atoms. The van der Waals surface area contributed by atoms with Crippen LogP contribution in [-0.4, -0.2) is 37.0 Å². The molecule has 0 atom stereocenters. The summed E-state index contributed by atoms with van der Waals surface area (Å²) in [6.07, 6.45) is 3.72. The van der Waals surface area contributed by atoms with E-state index in [1.54, 1.807) is 4.90 Å². The van der Waals surface area contributed by atoms with Crippen LogP contribution in [0.25, 0.3) is 0 Å². The molecule has 0 radical (unpaired) electrons. The SMILES string of the molecule is C=CCN1CCC2(CC1)CN(C(=O)c1c(F)cccc1F)c1c(C)ccc(C)c12. The third kappa shape index (κ3) is 3.18. The number of hydrogen-bond donors (Lipinski definition) is 0. The fourth-order valence-electron chi connectivity index (χ4n) is 5.04. The van der Waals surface area contributed by atoms with E-state index in [9.17, 15) is 13.6 Å². The molecule has 2 aromatic carbocycles. The molecule has 0 aromatic heterocycles. The number of hydrogen-bond acceptors (Lipinski definition) is 2. The van der Waals surface area contributed by atoms with Crippen molar-refractivity contribution in [1.82, 2.24) is 4.90 Å². The molecule has 0 aliphatic carbocycles. The van der Waals surface area contributed by atoms with Crippen molar-refractivity contribution in [2.24, 2.45) is 0 Å². The minimum Gasteiger partial charge on any atom is -0.307 e. The topological polar surface area (TPSA) is 23.6 Å². The molecule has 0 bridgehead atoms. The molecule has 1 saturated heterocycles. The molecule has 0 saturated carbocycles. The Balaban J connectivity index is 1.78. The third-order valence-electron chi connectivity index (χ3n) is 6.47. The fraction of sp³-hybridized carbons (Fsp3) is 0.375. The van der Waals surface area contributed by atoms with E-state index >= 15 is 0 Å². The van der Waals surface area contributed by atoms with Crippen LogP contribution >= 0.6 is 0 Å². The Morgan fingerprint density at radius 3 is 2.34 bits per heavy atom. The Hall–Kier alpha value is -2.53. The Labute approximate surface area is 170 Å². The van der Waals surface area contributed by atoms with Gasteiger partial charge in [0.25, 0.3) is 5.91 Å². The molecule has 5 heteroatoms. The number of carbonyl (C=O) groups is 1. The van der Waals surface area contributed by atoms with Crippen molar-refractivity contribution >= 4 is 11.6 Å². The van der Waals surface area contributed by atoms with Crippen molar-refractivity contribution < 1.29 is 13.6 Å². The van der Waals surface area contributed by atoms with Crippen LogP contribution in [0.15, 0.2) is 43.0 Å². The highest BCUT2D eigenvalue weighted by molar-refractivity contribution is 6.08. The van der Waals surface area contributed by atoms with E-state index < -0.39 is 23.1 Å². The first-order valence-corrected chi connectivity index (χ1v) is 10.1. The van der Waals surface area contributed by atoms with E-state index in [0.717, 1.165) is 61.4 Å². The quantitative estimate of drug-likeness (QED) is 0.699. The number of fused-ring (bicyclic) bond motifs is 2. The van der Waals surface area contributed by atoms with Crippen LogP contribution in [0.5, 0.6) is 0 Å². The lowest BCUT2D eigenvalue weighted by molar-refractivity contribution is 0.0969. The predicted molar refractivity (Wildman–Crippen MR) is 111 cm³/mol. The molecule has 4 rings (SSSR count). The van der Waals surface area contributed by atoms with Crippen molar-refractivity contribution in [3.8, 4) is 0 Å². The first kappa shape index (κ1) is 19.8. The summed E-state index contributed by atoms with van der Waals surface area (Å²) in [5, 5.41) is 0. The van der Waals surface area contributed by atoms with Gasteiger partial charge in [0.05, 0.1) is 5.69 Å². The first-order valence-electron chi connectivity index (χ1n) is 10.1. The molecule has 0 N–H and O–H groups in total. The number of aryl methyl sites for hydroxylation is 2. The van der Waals surface area contributed by atoms with E-state index in [1.807, 2.05) is 19.1 Å². The van der Waals surface area contributed by atoms with Crippen molar-refractivity contribution in [2.45, 2.75) is 32.1 Å². The van der Waals surface area contributed by atoms with E-state index in [1.165, 1.54) is 11.6 Å². The molecule has 3 nitrogen and oxygen atoms in total. The molecule has 2 aromatic rings. The van der Waals surface area contributed by atoms with E-state index in [0.29, 0.717) is 6.54 Å². The largest absolute Gasteiger partial charge is 0.307 e. The number of halogens is 2. The van der Waals surface area contributed by atoms with E-state index in [4.69, 9.17) is 0 Å². The summed E-state index contributed by atoms with van der Waals surface area (Å²) >= 11 is 0. The Bertz CT molecular complexity index is 957. The zero-order valence-corrected chi connectivity index (χ0v) is 17.0. The highest BCUT2D eigenvalue weighted by Crippen LogP contribution is 2.50. The van der Waals surface area contributed by atoms with E-state index in [-0.39, 0.29) is 5.41 Å². The summed E-state index contributed by atoms with van der Waals surface area (Å²) < 4.78 is 28.8. The van der Waals surface area contributed by atoms with Crippen LogP contribution in [0, 0.1) is 25.5 Å². The summed E-state index contributed by atoms with van der Waals surface area (Å²) in [5.41, 5.74) is 3.44. The minimum atomic E-state index is -0.816. The zero-order chi connectivity index (χ0) is 20.8. The summed E-state index contributed by atoms with van der Waals surface area (Å²) in [6.45, 7) is 11.0. The second-order valence-electron chi connectivity index (χ2n) is 8.28. The monoisotopic (exact) mass is 396 g/mol. The molecular formula is C24H26F2N2O. The lowest BCUT2D eigenvalue weighted by Gasteiger charge is -2.40. The number of carbonyl (C=O) groups excluding carboxylic acids is 1. The summed E-state index contributed by atoms with van der Waals surface area (Å²) in [5.74, 6) is -2.23. The van der Waals surface area contributed by atoms with Gasteiger partial charge in [0, 0.05) is 18.5 Å². The summed E-state index contributed by atoms with van der Waals surface area (Å²) in [6, 6.07) is 7.63. The smallest absolute Gasteiger partial charge is 0.264 e. The second-order valence-corrected chi connectivity index (χ2v) is 8.28. The predicted octanol–water partition coefficient (Wildman–Crippen LogP) is 4.76. The Kier molecular flexibility index (Phi) is 5.03. The van der Waals surface area contributed by atoms with Gasteiger partial charge in [-0.3, -0.25) is 9.69 Å². The fourth-order valence-corrected chi connectivity index (χ4v) is 5.04. The van der Waals surface area contributed by atoms with Crippen LogP contribution in [0.3, 0.4) is 0 Å². The lowest BCUT2D eigenvalue weighted by Crippen LogP contribution is -2.46. The molecule has 2 aliphatic rings. The number of piperidine rings is 1. The van der Waals surface area contributed by atoms with Crippen LogP contribution in [0.2, 0.25) is 0 Å². The maximum Gasteiger partial charge on any atom is 0.264 e. The van der Waals surface area contributed by atoms with Crippen molar-refractivity contribution in [2.75, 3.05) is 31.1 Å². The van der Waals surface area contributed by atoms with Gasteiger partial charge in [-0.2, -0.15) is 0 Å². The Morgan fingerprint density at radius 2 is 1.72 bits per heavy atom. The van der Waals surface area contributed by atoms with Crippen LogP contribution in [0.4, 0.5) is 14.5 Å². The number of benzene rings is 2. The van der Waals surface area contributed by atoms with Crippen LogP contribution in [0.1, 0.15) is 39.9 Å². The highest BCUT2D eigenvalue weighted by Gasteiger charge is 2.48. The van der Waals surface area contributed by atoms with Gasteiger partial charge in [0.15, 0.2) is 0 Å². The van der Waals surface area contributed by atoms with E-state index in [2.05, 4.69) is 24.5 Å². The second kappa shape index (κ2) is 7.38. The molecule has 152 valence electrons. The number of amides is 1. The Morgan fingerprint density at radius 1 is 1.10 bits per heavy atom. The molecule has 1 amide bonds. The third-order valence-corrected chi connectivity index (χ3v) is 6.47. The van der Waals surface area contributed by atoms with Gasteiger partial charge in [-0.1, -0.05) is 24.3 Å². The molecule has 1 fully saturated rings. The maximum atomic E-state index is 14.4. The van der Waals surface area contributed by atoms with Crippen LogP contribution in [-0.2, 0) is 5.41 Å². The number of rotatable bonds is 3. The maximum absolute atomic E-state index is 14.4.